The number of carboxylic acid groups (broad SMARTS) is 1. The lowest BCUT2D eigenvalue weighted by Gasteiger charge is -2.41. The molecule has 0 amide bonds. The summed E-state index contributed by atoms with van der Waals surface area (Å²) in [6.45, 7) is 1.42. The van der Waals surface area contributed by atoms with E-state index in [2.05, 4.69) is 15.1 Å². The van der Waals surface area contributed by atoms with E-state index in [-0.39, 0.29) is 17.6 Å². The lowest BCUT2D eigenvalue weighted by molar-refractivity contribution is 0.0671. The van der Waals surface area contributed by atoms with Gasteiger partial charge in [-0.25, -0.2) is 9.18 Å². The van der Waals surface area contributed by atoms with Crippen LogP contribution in [0.1, 0.15) is 34.1 Å². The molecule has 1 aliphatic heterocycles. The predicted octanol–water partition coefficient (Wildman–Crippen LogP) is 2.19. The van der Waals surface area contributed by atoms with Gasteiger partial charge in [0.05, 0.1) is 6.20 Å². The minimum Gasteiger partial charge on any atom is -0.477 e. The van der Waals surface area contributed by atoms with Gasteiger partial charge >= 0.3 is 5.97 Å². The maximum absolute atomic E-state index is 12.9. The lowest BCUT2D eigenvalue weighted by Crippen LogP contribution is -2.40. The van der Waals surface area contributed by atoms with Crippen molar-refractivity contribution >= 4 is 5.97 Å². The van der Waals surface area contributed by atoms with E-state index in [9.17, 15) is 9.18 Å². The van der Waals surface area contributed by atoms with E-state index < -0.39 is 5.97 Å². The zero-order valence-corrected chi connectivity index (χ0v) is 10.7. The minimum absolute atomic E-state index is 0.134. The van der Waals surface area contributed by atoms with E-state index in [1.807, 2.05) is 0 Å². The number of aromatic nitrogens is 2. The molecule has 0 bridgehead atoms. The highest BCUT2D eigenvalue weighted by Crippen LogP contribution is 2.34. The Labute approximate surface area is 115 Å². The molecule has 104 valence electrons. The van der Waals surface area contributed by atoms with Gasteiger partial charge in [0.25, 0.3) is 0 Å². The molecule has 6 heteroatoms. The number of carbonyl (C=O) groups is 1. The molecule has 2 heterocycles. The average Bonchev–Trinajstić information content (AvgIpc) is 2.86. The molecule has 1 unspecified atom stereocenters. The molecule has 0 radical (unpaired) electrons. The van der Waals surface area contributed by atoms with Crippen LogP contribution in [0.4, 0.5) is 4.39 Å². The average molecular weight is 275 g/mol. The molecule has 2 N–H and O–H groups in total. The molecule has 1 aromatic carbocycles. The number of halogens is 1. The first-order chi connectivity index (χ1) is 9.65. The SMILES string of the molecule is O=C(O)c1[nH]ncc1CN1CCC1c1ccc(F)cc1. The van der Waals surface area contributed by atoms with E-state index in [1.165, 1.54) is 12.1 Å². The van der Waals surface area contributed by atoms with Crippen LogP contribution in [0.3, 0.4) is 0 Å². The van der Waals surface area contributed by atoms with Crippen LogP contribution in [0.15, 0.2) is 30.5 Å². The molecule has 0 saturated carbocycles. The lowest BCUT2D eigenvalue weighted by atomic mass is 9.94. The molecule has 20 heavy (non-hydrogen) atoms. The van der Waals surface area contributed by atoms with Crippen LogP contribution in [0.25, 0.3) is 0 Å². The highest BCUT2D eigenvalue weighted by Gasteiger charge is 2.30. The summed E-state index contributed by atoms with van der Waals surface area (Å²) >= 11 is 0. The summed E-state index contributed by atoms with van der Waals surface area (Å²) in [6, 6.07) is 6.67. The van der Waals surface area contributed by atoms with Gasteiger partial charge < -0.3 is 5.11 Å². The molecule has 5 nitrogen and oxygen atoms in total. The zero-order valence-electron chi connectivity index (χ0n) is 10.7. The van der Waals surface area contributed by atoms with Crippen molar-refractivity contribution in [2.45, 2.75) is 19.0 Å². The molecule has 2 aromatic rings. The number of H-pyrrole nitrogens is 1. The number of nitrogens with one attached hydrogen (secondary N) is 1. The van der Waals surface area contributed by atoms with E-state index in [1.54, 1.807) is 18.3 Å². The third-order valence-corrected chi connectivity index (χ3v) is 3.69. The highest BCUT2D eigenvalue weighted by atomic mass is 19.1. The smallest absolute Gasteiger partial charge is 0.354 e. The van der Waals surface area contributed by atoms with Crippen molar-refractivity contribution in [3.05, 3.63) is 53.1 Å². The Morgan fingerprint density at radius 2 is 2.20 bits per heavy atom. The molecule has 0 aliphatic carbocycles. The van der Waals surface area contributed by atoms with Gasteiger partial charge in [-0.15, -0.1) is 0 Å². The topological polar surface area (TPSA) is 69.2 Å². The van der Waals surface area contributed by atoms with Crippen LogP contribution in [0, 0.1) is 5.82 Å². The predicted molar refractivity (Wildman–Crippen MR) is 69.7 cm³/mol. The van der Waals surface area contributed by atoms with Crippen LogP contribution >= 0.6 is 0 Å². The maximum atomic E-state index is 12.9. The first-order valence-corrected chi connectivity index (χ1v) is 6.40. The van der Waals surface area contributed by atoms with Crippen molar-refractivity contribution in [2.75, 3.05) is 6.54 Å². The zero-order chi connectivity index (χ0) is 14.1. The monoisotopic (exact) mass is 275 g/mol. The van der Waals surface area contributed by atoms with Crippen molar-refractivity contribution in [3.63, 3.8) is 0 Å². The van der Waals surface area contributed by atoms with Gasteiger partial charge in [0, 0.05) is 24.7 Å². The normalized spacial score (nSPS) is 18.8. The van der Waals surface area contributed by atoms with Gasteiger partial charge in [-0.05, 0) is 24.1 Å². The summed E-state index contributed by atoms with van der Waals surface area (Å²) in [5.41, 5.74) is 1.86. The molecular weight excluding hydrogens is 261 g/mol. The van der Waals surface area contributed by atoms with Crippen molar-refractivity contribution in [3.8, 4) is 0 Å². The highest BCUT2D eigenvalue weighted by molar-refractivity contribution is 5.86. The van der Waals surface area contributed by atoms with Crippen molar-refractivity contribution < 1.29 is 14.3 Å². The molecule has 1 saturated heterocycles. The summed E-state index contributed by atoms with van der Waals surface area (Å²) in [6.07, 6.45) is 2.54. The fraction of sp³-hybridized carbons (Fsp3) is 0.286. The molecule has 1 fully saturated rings. The molecule has 1 aromatic heterocycles. The number of rotatable bonds is 4. The first kappa shape index (κ1) is 12.8. The van der Waals surface area contributed by atoms with E-state index in [0.717, 1.165) is 18.5 Å². The number of aromatic amines is 1. The van der Waals surface area contributed by atoms with E-state index >= 15 is 0 Å². The fourth-order valence-electron chi connectivity index (χ4n) is 2.53. The number of hydrogen-bond acceptors (Lipinski definition) is 3. The summed E-state index contributed by atoms with van der Waals surface area (Å²) in [7, 11) is 0. The Morgan fingerprint density at radius 1 is 1.45 bits per heavy atom. The van der Waals surface area contributed by atoms with Crippen LogP contribution < -0.4 is 0 Å². The van der Waals surface area contributed by atoms with Crippen molar-refractivity contribution in [2.24, 2.45) is 0 Å². The number of benzene rings is 1. The Morgan fingerprint density at radius 3 is 2.80 bits per heavy atom. The summed E-state index contributed by atoms with van der Waals surface area (Å²) in [5.74, 6) is -1.25. The van der Waals surface area contributed by atoms with E-state index in [4.69, 9.17) is 5.11 Å². The van der Waals surface area contributed by atoms with Crippen molar-refractivity contribution in [1.29, 1.82) is 0 Å². The maximum Gasteiger partial charge on any atom is 0.354 e. The van der Waals surface area contributed by atoms with Crippen LogP contribution in [0.2, 0.25) is 0 Å². The third-order valence-electron chi connectivity index (χ3n) is 3.69. The summed E-state index contributed by atoms with van der Waals surface area (Å²) < 4.78 is 12.9. The van der Waals surface area contributed by atoms with Gasteiger partial charge in [0.15, 0.2) is 0 Å². The molecule has 3 rings (SSSR count). The Bertz CT molecular complexity index is 624. The number of nitrogens with zero attached hydrogens (tertiary/aromatic N) is 2. The Hall–Kier alpha value is -2.21. The minimum atomic E-state index is -1.00. The number of carboxylic acids is 1. The fourth-order valence-corrected chi connectivity index (χ4v) is 2.53. The second kappa shape index (κ2) is 5.05. The summed E-state index contributed by atoms with van der Waals surface area (Å²) in [5, 5.41) is 15.3. The van der Waals surface area contributed by atoms with Gasteiger partial charge in [-0.3, -0.25) is 10.00 Å². The second-order valence-electron chi connectivity index (χ2n) is 4.90. The van der Waals surface area contributed by atoms with Gasteiger partial charge in [0.2, 0.25) is 0 Å². The standard InChI is InChI=1S/C14H14FN3O2/c15-11-3-1-9(2-4-11)12-5-6-18(12)8-10-7-16-17-13(10)14(19)20/h1-4,7,12H,5-6,8H2,(H,16,17)(H,19,20). The van der Waals surface area contributed by atoms with Gasteiger partial charge in [-0.2, -0.15) is 5.10 Å². The molecule has 1 atom stereocenters. The number of hydrogen-bond donors (Lipinski definition) is 2. The largest absolute Gasteiger partial charge is 0.477 e. The summed E-state index contributed by atoms with van der Waals surface area (Å²) in [4.78, 5) is 13.2. The molecule has 0 spiro atoms. The van der Waals surface area contributed by atoms with Crippen molar-refractivity contribution in [1.82, 2.24) is 15.1 Å². The third kappa shape index (κ3) is 2.30. The van der Waals surface area contributed by atoms with Crippen LogP contribution in [0.5, 0.6) is 0 Å². The molecule has 1 aliphatic rings. The second-order valence-corrected chi connectivity index (χ2v) is 4.90. The van der Waals surface area contributed by atoms with Crippen LogP contribution in [-0.2, 0) is 6.54 Å². The number of aromatic carboxylic acids is 1. The Balaban J connectivity index is 1.74. The first-order valence-electron chi connectivity index (χ1n) is 6.40. The number of likely N-dealkylation sites (tertiary alicyclic amines) is 1. The van der Waals surface area contributed by atoms with Gasteiger partial charge in [0.1, 0.15) is 11.5 Å². The Kier molecular flexibility index (Phi) is 3.23. The van der Waals surface area contributed by atoms with E-state index in [0.29, 0.717) is 12.1 Å². The van der Waals surface area contributed by atoms with Crippen LogP contribution in [-0.4, -0.2) is 32.7 Å². The molecular formula is C14H14FN3O2. The quantitative estimate of drug-likeness (QED) is 0.897. The van der Waals surface area contributed by atoms with Gasteiger partial charge in [-0.1, -0.05) is 12.1 Å².